The van der Waals surface area contributed by atoms with E-state index in [0.29, 0.717) is 18.0 Å². The van der Waals surface area contributed by atoms with E-state index >= 15 is 0 Å². The number of piperidine rings is 1. The summed E-state index contributed by atoms with van der Waals surface area (Å²) in [5, 5.41) is 17.0. The summed E-state index contributed by atoms with van der Waals surface area (Å²) >= 11 is 0. The van der Waals surface area contributed by atoms with Crippen LogP contribution in [0.25, 0.3) is 0 Å². The number of rotatable bonds is 5. The third-order valence-corrected chi connectivity index (χ3v) is 3.53. The Balaban J connectivity index is 0.00000220. The molecule has 1 heterocycles. The molecule has 1 aromatic carbocycles. The van der Waals surface area contributed by atoms with Gasteiger partial charge in [-0.05, 0) is 31.8 Å². The number of hydrogen-bond donors (Lipinski definition) is 2. The molecule has 7 heteroatoms. The van der Waals surface area contributed by atoms with Gasteiger partial charge in [-0.15, -0.1) is 12.4 Å². The molecular weight excluding hydrogens is 294 g/mol. The second kappa shape index (κ2) is 8.59. The number of benzene rings is 1. The third-order valence-electron chi connectivity index (χ3n) is 3.53. The van der Waals surface area contributed by atoms with Gasteiger partial charge in [-0.3, -0.25) is 14.9 Å². The average Bonchev–Trinajstić information content (AvgIpc) is 2.46. The molecule has 0 spiro atoms. The summed E-state index contributed by atoms with van der Waals surface area (Å²) < 4.78 is 0. The Kier molecular flexibility index (Phi) is 7.11. The molecule has 0 aliphatic carbocycles. The quantitative estimate of drug-likeness (QED) is 0.640. The molecule has 1 aromatic rings. The zero-order valence-electron chi connectivity index (χ0n) is 11.7. The summed E-state index contributed by atoms with van der Waals surface area (Å²) in [6.45, 7) is 2.60. The molecule has 0 aromatic heterocycles. The third kappa shape index (κ3) is 5.32. The van der Waals surface area contributed by atoms with E-state index in [1.165, 1.54) is 6.07 Å². The minimum atomic E-state index is -0.451. The second-order valence-electron chi connectivity index (χ2n) is 5.08. The van der Waals surface area contributed by atoms with Crippen LogP contribution in [0.4, 0.5) is 5.69 Å². The van der Waals surface area contributed by atoms with E-state index in [9.17, 15) is 14.9 Å². The van der Waals surface area contributed by atoms with Gasteiger partial charge in [0.1, 0.15) is 0 Å². The smallest absolute Gasteiger partial charge is 0.273 e. The van der Waals surface area contributed by atoms with Crippen LogP contribution < -0.4 is 10.6 Å². The Morgan fingerprint density at radius 1 is 1.43 bits per heavy atom. The molecule has 1 aliphatic rings. The Labute approximate surface area is 129 Å². The maximum absolute atomic E-state index is 11.9. The molecule has 2 N–H and O–H groups in total. The van der Waals surface area contributed by atoms with Crippen molar-refractivity contribution >= 4 is 24.0 Å². The van der Waals surface area contributed by atoms with Gasteiger partial charge in [-0.1, -0.05) is 18.2 Å². The van der Waals surface area contributed by atoms with Crippen molar-refractivity contribution in [2.24, 2.45) is 5.92 Å². The van der Waals surface area contributed by atoms with Crippen LogP contribution in [0, 0.1) is 16.0 Å². The van der Waals surface area contributed by atoms with Gasteiger partial charge < -0.3 is 10.6 Å². The SMILES string of the molecule is Cl.O=C(Cc1ccccc1[N+](=O)[O-])NCC1CCCNC1. The van der Waals surface area contributed by atoms with E-state index in [4.69, 9.17) is 0 Å². The van der Waals surface area contributed by atoms with Crippen molar-refractivity contribution in [2.75, 3.05) is 19.6 Å². The van der Waals surface area contributed by atoms with Crippen molar-refractivity contribution in [3.05, 3.63) is 39.9 Å². The summed E-state index contributed by atoms with van der Waals surface area (Å²) in [5.41, 5.74) is 0.457. The normalized spacial score (nSPS) is 17.6. The predicted molar refractivity (Wildman–Crippen MR) is 82.7 cm³/mol. The van der Waals surface area contributed by atoms with Crippen molar-refractivity contribution in [1.82, 2.24) is 10.6 Å². The van der Waals surface area contributed by atoms with Crippen molar-refractivity contribution in [3.63, 3.8) is 0 Å². The standard InChI is InChI=1S/C14H19N3O3.ClH/c18-14(16-10-11-4-3-7-15-9-11)8-12-5-1-2-6-13(12)17(19)20;/h1-2,5-6,11,15H,3-4,7-10H2,(H,16,18);1H. The zero-order chi connectivity index (χ0) is 14.4. The maximum Gasteiger partial charge on any atom is 0.273 e. The van der Waals surface area contributed by atoms with Crippen LogP contribution in [0.15, 0.2) is 24.3 Å². The van der Waals surface area contributed by atoms with Crippen molar-refractivity contribution in [1.29, 1.82) is 0 Å². The molecule has 1 fully saturated rings. The highest BCUT2D eigenvalue weighted by Crippen LogP contribution is 2.18. The van der Waals surface area contributed by atoms with Gasteiger partial charge in [-0.2, -0.15) is 0 Å². The number of carbonyl (C=O) groups is 1. The van der Waals surface area contributed by atoms with Crippen molar-refractivity contribution < 1.29 is 9.72 Å². The number of nitro benzene ring substituents is 1. The summed E-state index contributed by atoms with van der Waals surface area (Å²) in [4.78, 5) is 22.3. The fraction of sp³-hybridized carbons (Fsp3) is 0.500. The average molecular weight is 314 g/mol. The van der Waals surface area contributed by atoms with Crippen LogP contribution in [0.5, 0.6) is 0 Å². The molecule has 1 amide bonds. The number of nitro groups is 1. The van der Waals surface area contributed by atoms with E-state index in [1.54, 1.807) is 18.2 Å². The van der Waals surface area contributed by atoms with Crippen LogP contribution in [0.1, 0.15) is 18.4 Å². The molecule has 0 radical (unpaired) electrons. The molecule has 116 valence electrons. The van der Waals surface area contributed by atoms with E-state index in [2.05, 4.69) is 10.6 Å². The van der Waals surface area contributed by atoms with E-state index < -0.39 is 4.92 Å². The fourth-order valence-corrected chi connectivity index (χ4v) is 2.43. The van der Waals surface area contributed by atoms with Gasteiger partial charge in [0.05, 0.1) is 11.3 Å². The fourth-order valence-electron chi connectivity index (χ4n) is 2.43. The van der Waals surface area contributed by atoms with Crippen molar-refractivity contribution in [3.8, 4) is 0 Å². The summed E-state index contributed by atoms with van der Waals surface area (Å²) in [6, 6.07) is 6.36. The largest absolute Gasteiger partial charge is 0.355 e. The highest BCUT2D eigenvalue weighted by Gasteiger charge is 2.17. The predicted octanol–water partition coefficient (Wildman–Crippen LogP) is 1.67. The van der Waals surface area contributed by atoms with Gasteiger partial charge in [-0.25, -0.2) is 0 Å². The first-order valence-electron chi connectivity index (χ1n) is 6.86. The minimum absolute atomic E-state index is 0. The van der Waals surface area contributed by atoms with E-state index in [-0.39, 0.29) is 30.4 Å². The molecule has 0 bridgehead atoms. The lowest BCUT2D eigenvalue weighted by molar-refractivity contribution is -0.385. The Morgan fingerprint density at radius 2 is 2.19 bits per heavy atom. The molecule has 2 rings (SSSR count). The molecule has 1 saturated heterocycles. The van der Waals surface area contributed by atoms with Gasteiger partial charge in [0, 0.05) is 18.2 Å². The lowest BCUT2D eigenvalue weighted by Crippen LogP contribution is -2.38. The number of nitrogens with one attached hydrogen (secondary N) is 2. The van der Waals surface area contributed by atoms with E-state index in [1.807, 2.05) is 0 Å². The van der Waals surface area contributed by atoms with Gasteiger partial charge in [0.2, 0.25) is 5.91 Å². The van der Waals surface area contributed by atoms with E-state index in [0.717, 1.165) is 25.9 Å². The zero-order valence-corrected chi connectivity index (χ0v) is 12.5. The maximum atomic E-state index is 11.9. The highest BCUT2D eigenvalue weighted by atomic mass is 35.5. The Hall–Kier alpha value is -1.66. The number of nitrogens with zero attached hydrogens (tertiary/aromatic N) is 1. The Bertz CT molecular complexity index is 490. The molecule has 6 nitrogen and oxygen atoms in total. The molecule has 21 heavy (non-hydrogen) atoms. The van der Waals surface area contributed by atoms with Crippen LogP contribution in [0.3, 0.4) is 0 Å². The van der Waals surface area contributed by atoms with Crippen LogP contribution in [0.2, 0.25) is 0 Å². The first-order valence-corrected chi connectivity index (χ1v) is 6.86. The first kappa shape index (κ1) is 17.4. The van der Waals surface area contributed by atoms with Crippen LogP contribution >= 0.6 is 12.4 Å². The lowest BCUT2D eigenvalue weighted by Gasteiger charge is -2.22. The number of para-hydroxylation sites is 1. The Morgan fingerprint density at radius 3 is 2.86 bits per heavy atom. The molecule has 1 unspecified atom stereocenters. The summed E-state index contributed by atoms with van der Waals surface area (Å²) in [6.07, 6.45) is 2.29. The number of amides is 1. The number of carbonyl (C=O) groups excluding carboxylic acids is 1. The highest BCUT2D eigenvalue weighted by molar-refractivity contribution is 5.85. The number of halogens is 1. The molecule has 1 atom stereocenters. The van der Waals surface area contributed by atoms with Gasteiger partial charge >= 0.3 is 0 Å². The molecule has 0 saturated carbocycles. The molecule has 1 aliphatic heterocycles. The monoisotopic (exact) mass is 313 g/mol. The summed E-state index contributed by atoms with van der Waals surface area (Å²) in [7, 11) is 0. The topological polar surface area (TPSA) is 84.3 Å². The first-order chi connectivity index (χ1) is 9.66. The second-order valence-corrected chi connectivity index (χ2v) is 5.08. The van der Waals surface area contributed by atoms with Crippen molar-refractivity contribution in [2.45, 2.75) is 19.3 Å². The van der Waals surface area contributed by atoms with Crippen LogP contribution in [-0.2, 0) is 11.2 Å². The summed E-state index contributed by atoms with van der Waals surface area (Å²) in [5.74, 6) is 0.295. The lowest BCUT2D eigenvalue weighted by atomic mass is 9.99. The van der Waals surface area contributed by atoms with Crippen LogP contribution in [-0.4, -0.2) is 30.5 Å². The molecular formula is C14H20ClN3O3. The van der Waals surface area contributed by atoms with Gasteiger partial charge in [0.15, 0.2) is 0 Å². The minimum Gasteiger partial charge on any atom is -0.355 e. The number of hydrogen-bond acceptors (Lipinski definition) is 4. The van der Waals surface area contributed by atoms with Gasteiger partial charge in [0.25, 0.3) is 5.69 Å².